The average molecular weight is 679 g/mol. The molecule has 3 aromatic heterocycles. The molecule has 0 amide bonds. The first-order chi connectivity index (χ1) is 26.1. The van der Waals surface area contributed by atoms with Crippen LogP contribution in [0.15, 0.2) is 170 Å². The van der Waals surface area contributed by atoms with Crippen molar-refractivity contribution in [1.82, 2.24) is 19.3 Å². The van der Waals surface area contributed by atoms with E-state index in [1.54, 1.807) is 0 Å². The van der Waals surface area contributed by atoms with Gasteiger partial charge in [0, 0.05) is 55.0 Å². The zero-order valence-electron chi connectivity index (χ0n) is 29.5. The minimum absolute atomic E-state index is 0.222. The topological polar surface area (TPSA) is 35.6 Å². The second kappa shape index (κ2) is 11.1. The Balaban J connectivity index is 1.24. The Labute approximate surface area is 307 Å². The van der Waals surface area contributed by atoms with E-state index in [4.69, 9.17) is 0 Å². The lowest BCUT2D eigenvalue weighted by Crippen LogP contribution is -2.15. The van der Waals surface area contributed by atoms with Crippen molar-refractivity contribution in [1.29, 1.82) is 0 Å². The van der Waals surface area contributed by atoms with Crippen LogP contribution in [0.5, 0.6) is 0 Å². The highest BCUT2D eigenvalue weighted by Crippen LogP contribution is 2.58. The van der Waals surface area contributed by atoms with Gasteiger partial charge in [-0.15, -0.1) is 10.2 Å². The van der Waals surface area contributed by atoms with Gasteiger partial charge in [-0.2, -0.15) is 0 Å². The van der Waals surface area contributed by atoms with Crippen molar-refractivity contribution in [3.05, 3.63) is 181 Å². The predicted molar refractivity (Wildman–Crippen MR) is 219 cm³/mol. The standard InChI is InChI=1S/C49H34N4/c1-49(2)38-22-12-9-19-35(38)43-46(49)44-36-20-10-13-23-41(36)52(33-17-7-4-8-18-33)48(44)45-37-21-11-14-24-42(37)53(47(43)45)34-27-25-32(26-28-34)40-30-29-39(50-51-40)31-15-5-3-6-16-31/h3-30H,1-2H3. The number of hydrogen-bond donors (Lipinski definition) is 0. The average Bonchev–Trinajstić information content (AvgIpc) is 3.82. The van der Waals surface area contributed by atoms with Crippen molar-refractivity contribution < 1.29 is 0 Å². The quantitative estimate of drug-likeness (QED) is 0.186. The highest BCUT2D eigenvalue weighted by molar-refractivity contribution is 6.31. The van der Waals surface area contributed by atoms with Crippen LogP contribution in [0.1, 0.15) is 25.0 Å². The van der Waals surface area contributed by atoms with Crippen LogP contribution in [0.2, 0.25) is 0 Å². The lowest BCUT2D eigenvalue weighted by Gasteiger charge is -2.23. The van der Waals surface area contributed by atoms with Crippen LogP contribution >= 0.6 is 0 Å². The molecule has 0 spiro atoms. The summed E-state index contributed by atoms with van der Waals surface area (Å²) in [6, 6.07) is 60.9. The van der Waals surface area contributed by atoms with Gasteiger partial charge in [0.05, 0.1) is 33.5 Å². The SMILES string of the molecule is CC1(C)c2ccccc2-c2c1c1c3ccccc3n(-c3ccccc3)c1c1c3ccccc3n(-c3ccc(-c4ccc(-c5ccccc5)nn4)cc3)c21. The molecule has 250 valence electrons. The Morgan fingerprint density at radius 3 is 1.60 bits per heavy atom. The van der Waals surface area contributed by atoms with E-state index < -0.39 is 0 Å². The van der Waals surface area contributed by atoms with Crippen molar-refractivity contribution in [2.24, 2.45) is 0 Å². The fraction of sp³-hybridized carbons (Fsp3) is 0.0612. The van der Waals surface area contributed by atoms with Gasteiger partial charge >= 0.3 is 0 Å². The molecule has 0 bridgehead atoms. The van der Waals surface area contributed by atoms with Gasteiger partial charge in [0.2, 0.25) is 0 Å². The van der Waals surface area contributed by atoms with E-state index in [1.165, 1.54) is 65.9 Å². The molecule has 11 rings (SSSR count). The third kappa shape index (κ3) is 4.18. The van der Waals surface area contributed by atoms with E-state index in [9.17, 15) is 0 Å². The normalized spacial score (nSPS) is 13.2. The summed E-state index contributed by atoms with van der Waals surface area (Å²) in [6.45, 7) is 4.81. The Bertz CT molecular complexity index is 3040. The van der Waals surface area contributed by atoms with Gasteiger partial charge in [0.25, 0.3) is 0 Å². The van der Waals surface area contributed by atoms with Crippen LogP contribution in [-0.4, -0.2) is 19.3 Å². The Morgan fingerprint density at radius 2 is 0.943 bits per heavy atom. The van der Waals surface area contributed by atoms with E-state index in [-0.39, 0.29) is 5.41 Å². The summed E-state index contributed by atoms with van der Waals surface area (Å²) in [5, 5.41) is 14.3. The number of nitrogens with zero attached hydrogens (tertiary/aromatic N) is 4. The van der Waals surface area contributed by atoms with E-state index in [0.717, 1.165) is 33.9 Å². The lowest BCUT2D eigenvalue weighted by molar-refractivity contribution is 0.667. The van der Waals surface area contributed by atoms with Crippen LogP contribution in [0, 0.1) is 0 Å². The Kier molecular flexibility index (Phi) is 6.27. The van der Waals surface area contributed by atoms with Gasteiger partial charge in [0.15, 0.2) is 0 Å². The maximum Gasteiger partial charge on any atom is 0.0930 e. The molecule has 0 saturated heterocycles. The molecule has 53 heavy (non-hydrogen) atoms. The molecular formula is C49H34N4. The van der Waals surface area contributed by atoms with Crippen molar-refractivity contribution in [2.75, 3.05) is 0 Å². The van der Waals surface area contributed by atoms with Gasteiger partial charge in [-0.05, 0) is 65.2 Å². The second-order valence-electron chi connectivity index (χ2n) is 14.6. The molecule has 0 unspecified atom stereocenters. The van der Waals surface area contributed by atoms with Crippen LogP contribution in [0.4, 0.5) is 0 Å². The molecule has 1 aliphatic carbocycles. The molecule has 7 aromatic carbocycles. The highest BCUT2D eigenvalue weighted by Gasteiger charge is 2.41. The number of hydrogen-bond acceptors (Lipinski definition) is 2. The van der Waals surface area contributed by atoms with Crippen LogP contribution < -0.4 is 0 Å². The number of fused-ring (bicyclic) bond motifs is 12. The molecule has 0 saturated carbocycles. The first kappa shape index (κ1) is 29.9. The number of aromatic nitrogens is 4. The summed E-state index contributed by atoms with van der Waals surface area (Å²) >= 11 is 0. The fourth-order valence-corrected chi connectivity index (χ4v) is 9.10. The molecule has 4 nitrogen and oxygen atoms in total. The predicted octanol–water partition coefficient (Wildman–Crippen LogP) is 12.3. The highest BCUT2D eigenvalue weighted by atomic mass is 15.1. The maximum absolute atomic E-state index is 4.64. The Hall–Kier alpha value is -6.78. The third-order valence-electron chi connectivity index (χ3n) is 11.4. The minimum Gasteiger partial charge on any atom is -0.309 e. The van der Waals surface area contributed by atoms with Gasteiger partial charge in [-0.1, -0.05) is 135 Å². The van der Waals surface area contributed by atoms with Gasteiger partial charge in [0.1, 0.15) is 0 Å². The smallest absolute Gasteiger partial charge is 0.0930 e. The monoisotopic (exact) mass is 678 g/mol. The lowest BCUT2D eigenvalue weighted by atomic mass is 9.80. The molecule has 4 heteroatoms. The van der Waals surface area contributed by atoms with E-state index in [1.807, 2.05) is 18.2 Å². The number of benzene rings is 7. The van der Waals surface area contributed by atoms with Crippen molar-refractivity contribution in [3.63, 3.8) is 0 Å². The summed E-state index contributed by atoms with van der Waals surface area (Å²) in [4.78, 5) is 0. The van der Waals surface area contributed by atoms with Crippen LogP contribution in [0.25, 0.3) is 88.6 Å². The molecule has 0 atom stereocenters. The van der Waals surface area contributed by atoms with Crippen molar-refractivity contribution >= 4 is 43.6 Å². The van der Waals surface area contributed by atoms with Crippen LogP contribution in [-0.2, 0) is 5.41 Å². The zero-order chi connectivity index (χ0) is 35.3. The molecular weight excluding hydrogens is 645 g/mol. The van der Waals surface area contributed by atoms with Crippen molar-refractivity contribution in [2.45, 2.75) is 19.3 Å². The summed E-state index contributed by atoms with van der Waals surface area (Å²) in [5.41, 5.74) is 16.2. The first-order valence-electron chi connectivity index (χ1n) is 18.3. The van der Waals surface area contributed by atoms with Gasteiger partial charge in [-0.3, -0.25) is 0 Å². The second-order valence-corrected chi connectivity index (χ2v) is 14.6. The molecule has 0 N–H and O–H groups in total. The Morgan fingerprint density at radius 1 is 0.434 bits per heavy atom. The maximum atomic E-state index is 4.64. The van der Waals surface area contributed by atoms with E-state index in [2.05, 4.69) is 185 Å². The molecule has 0 aliphatic heterocycles. The van der Waals surface area contributed by atoms with Gasteiger partial charge < -0.3 is 9.13 Å². The summed E-state index contributed by atoms with van der Waals surface area (Å²) in [7, 11) is 0. The number of rotatable bonds is 4. The largest absolute Gasteiger partial charge is 0.309 e. The summed E-state index contributed by atoms with van der Waals surface area (Å²) in [5.74, 6) is 0. The third-order valence-corrected chi connectivity index (χ3v) is 11.4. The fourth-order valence-electron chi connectivity index (χ4n) is 9.10. The minimum atomic E-state index is -0.222. The van der Waals surface area contributed by atoms with E-state index in [0.29, 0.717) is 0 Å². The number of para-hydroxylation sites is 3. The molecule has 10 aromatic rings. The first-order valence-corrected chi connectivity index (χ1v) is 18.3. The molecule has 0 fully saturated rings. The summed E-state index contributed by atoms with van der Waals surface area (Å²) in [6.07, 6.45) is 0. The van der Waals surface area contributed by atoms with Crippen LogP contribution in [0.3, 0.4) is 0 Å². The zero-order valence-corrected chi connectivity index (χ0v) is 29.5. The van der Waals surface area contributed by atoms with Crippen molar-refractivity contribution in [3.8, 4) is 45.0 Å². The summed E-state index contributed by atoms with van der Waals surface area (Å²) < 4.78 is 5.01. The van der Waals surface area contributed by atoms with E-state index >= 15 is 0 Å². The molecule has 1 aliphatic rings. The molecule has 3 heterocycles. The molecule has 0 radical (unpaired) electrons. The van der Waals surface area contributed by atoms with Gasteiger partial charge in [-0.25, -0.2) is 0 Å².